The number of aryl methyl sites for hydroxylation is 2. The fourth-order valence-electron chi connectivity index (χ4n) is 2.15. The van der Waals surface area contributed by atoms with Crippen molar-refractivity contribution in [2.45, 2.75) is 26.8 Å². The number of hydrogen-bond donors (Lipinski definition) is 3. The van der Waals surface area contributed by atoms with Crippen LogP contribution < -0.4 is 10.7 Å². The second-order valence-corrected chi connectivity index (χ2v) is 5.46. The van der Waals surface area contributed by atoms with Gasteiger partial charge in [0.25, 0.3) is 5.91 Å². The van der Waals surface area contributed by atoms with Gasteiger partial charge in [0.1, 0.15) is 11.8 Å². The molecule has 1 amide bonds. The summed E-state index contributed by atoms with van der Waals surface area (Å²) in [6.07, 6.45) is 1.53. The van der Waals surface area contributed by atoms with E-state index in [0.717, 1.165) is 22.4 Å². The van der Waals surface area contributed by atoms with Gasteiger partial charge >= 0.3 is 0 Å². The number of amides is 1. The van der Waals surface area contributed by atoms with Crippen LogP contribution in [0.15, 0.2) is 47.6 Å². The molecule has 5 heteroatoms. The Morgan fingerprint density at radius 3 is 2.35 bits per heavy atom. The van der Waals surface area contributed by atoms with E-state index in [4.69, 9.17) is 0 Å². The molecule has 1 unspecified atom stereocenters. The third-order valence-corrected chi connectivity index (χ3v) is 3.52. The largest absolute Gasteiger partial charge is 0.508 e. The molecule has 0 saturated carbocycles. The van der Waals surface area contributed by atoms with E-state index in [1.54, 1.807) is 31.2 Å². The van der Waals surface area contributed by atoms with Crippen LogP contribution in [0, 0.1) is 13.8 Å². The molecule has 0 saturated heterocycles. The predicted molar refractivity (Wildman–Crippen MR) is 92.8 cm³/mol. The zero-order valence-electron chi connectivity index (χ0n) is 13.5. The number of hydrogen-bond acceptors (Lipinski definition) is 4. The Hall–Kier alpha value is -2.82. The molecule has 5 nitrogen and oxygen atoms in total. The van der Waals surface area contributed by atoms with Gasteiger partial charge in [0, 0.05) is 5.69 Å². The van der Waals surface area contributed by atoms with Gasteiger partial charge < -0.3 is 10.4 Å². The van der Waals surface area contributed by atoms with Crippen LogP contribution in [0.4, 0.5) is 5.69 Å². The van der Waals surface area contributed by atoms with Gasteiger partial charge in [-0.25, -0.2) is 5.43 Å². The average molecular weight is 311 g/mol. The van der Waals surface area contributed by atoms with Crippen molar-refractivity contribution in [3.05, 3.63) is 59.2 Å². The molecule has 0 spiro atoms. The van der Waals surface area contributed by atoms with Gasteiger partial charge in [-0.2, -0.15) is 5.10 Å². The van der Waals surface area contributed by atoms with Gasteiger partial charge in [-0.3, -0.25) is 4.79 Å². The first kappa shape index (κ1) is 16.5. The molecule has 2 aromatic rings. The molecule has 0 aliphatic carbocycles. The minimum absolute atomic E-state index is 0.192. The van der Waals surface area contributed by atoms with Crippen molar-refractivity contribution >= 4 is 17.8 Å². The number of aromatic hydroxyl groups is 1. The zero-order chi connectivity index (χ0) is 16.8. The minimum Gasteiger partial charge on any atom is -0.508 e. The summed E-state index contributed by atoms with van der Waals surface area (Å²) >= 11 is 0. The molecule has 2 aromatic carbocycles. The van der Waals surface area contributed by atoms with Crippen molar-refractivity contribution in [3.63, 3.8) is 0 Å². The first-order valence-corrected chi connectivity index (χ1v) is 7.42. The minimum atomic E-state index is -0.410. The van der Waals surface area contributed by atoms with Crippen LogP contribution in [-0.4, -0.2) is 23.3 Å². The highest BCUT2D eigenvalue weighted by molar-refractivity contribution is 5.86. The zero-order valence-corrected chi connectivity index (χ0v) is 13.5. The molecule has 23 heavy (non-hydrogen) atoms. The highest BCUT2D eigenvalue weighted by Gasteiger charge is 2.13. The average Bonchev–Trinajstić information content (AvgIpc) is 2.52. The van der Waals surface area contributed by atoms with E-state index < -0.39 is 6.04 Å². The van der Waals surface area contributed by atoms with Crippen LogP contribution in [-0.2, 0) is 4.79 Å². The van der Waals surface area contributed by atoms with Crippen LogP contribution >= 0.6 is 0 Å². The third kappa shape index (κ3) is 4.57. The fourth-order valence-corrected chi connectivity index (χ4v) is 2.15. The topological polar surface area (TPSA) is 73.7 Å². The summed E-state index contributed by atoms with van der Waals surface area (Å²) < 4.78 is 0. The van der Waals surface area contributed by atoms with Crippen molar-refractivity contribution < 1.29 is 9.90 Å². The van der Waals surface area contributed by atoms with Gasteiger partial charge in [0.2, 0.25) is 0 Å². The van der Waals surface area contributed by atoms with Gasteiger partial charge in [-0.1, -0.05) is 18.2 Å². The number of phenolic OH excluding ortho intramolecular Hbond substituents is 1. The third-order valence-electron chi connectivity index (χ3n) is 3.52. The van der Waals surface area contributed by atoms with Gasteiger partial charge in [-0.05, 0) is 61.7 Å². The maximum absolute atomic E-state index is 12.1. The van der Waals surface area contributed by atoms with Crippen LogP contribution in [0.3, 0.4) is 0 Å². The highest BCUT2D eigenvalue weighted by atomic mass is 16.3. The number of hydrazone groups is 1. The Bertz CT molecular complexity index is 688. The van der Waals surface area contributed by atoms with E-state index in [1.165, 1.54) is 6.21 Å². The molecule has 0 radical (unpaired) electrons. The van der Waals surface area contributed by atoms with E-state index in [9.17, 15) is 9.90 Å². The molecular weight excluding hydrogens is 290 g/mol. The summed E-state index contributed by atoms with van der Waals surface area (Å²) in [5.41, 5.74) is 6.46. The number of benzene rings is 2. The summed E-state index contributed by atoms with van der Waals surface area (Å²) in [6, 6.07) is 12.1. The standard InChI is InChI=1S/C18H21N3O2/c1-12-5-4-6-13(2)17(12)20-14(3)18(23)21-19-11-15-7-9-16(22)10-8-15/h4-11,14,20,22H,1-3H3,(H,21,23)/b19-11+. The lowest BCUT2D eigenvalue weighted by Crippen LogP contribution is -2.35. The SMILES string of the molecule is Cc1cccc(C)c1NC(C)C(=O)N/N=C/c1ccc(O)cc1. The predicted octanol–water partition coefficient (Wildman–Crippen LogP) is 2.96. The molecule has 0 aliphatic heterocycles. The number of phenols is 1. The maximum Gasteiger partial charge on any atom is 0.262 e. The Kier molecular flexibility index (Phi) is 5.36. The second-order valence-electron chi connectivity index (χ2n) is 5.46. The summed E-state index contributed by atoms with van der Waals surface area (Å²) in [4.78, 5) is 12.1. The van der Waals surface area contributed by atoms with Gasteiger partial charge in [0.15, 0.2) is 0 Å². The van der Waals surface area contributed by atoms with Crippen molar-refractivity contribution in [1.82, 2.24) is 5.43 Å². The van der Waals surface area contributed by atoms with E-state index in [2.05, 4.69) is 15.8 Å². The first-order valence-electron chi connectivity index (χ1n) is 7.42. The summed E-state index contributed by atoms with van der Waals surface area (Å²) in [5.74, 6) is -0.0275. The quantitative estimate of drug-likeness (QED) is 0.587. The lowest BCUT2D eigenvalue weighted by molar-refractivity contribution is -0.121. The summed E-state index contributed by atoms with van der Waals surface area (Å²) in [7, 11) is 0. The van der Waals surface area contributed by atoms with E-state index in [1.807, 2.05) is 32.0 Å². The second kappa shape index (κ2) is 7.45. The first-order chi connectivity index (χ1) is 11.0. The van der Waals surface area contributed by atoms with Crippen LogP contribution in [0.25, 0.3) is 0 Å². The number of nitrogens with zero attached hydrogens (tertiary/aromatic N) is 1. The Labute approximate surface area is 136 Å². The van der Waals surface area contributed by atoms with Crippen molar-refractivity contribution in [2.24, 2.45) is 5.10 Å². The van der Waals surface area contributed by atoms with Crippen molar-refractivity contribution in [3.8, 4) is 5.75 Å². The normalized spacial score (nSPS) is 12.1. The Morgan fingerprint density at radius 1 is 1.13 bits per heavy atom. The maximum atomic E-state index is 12.1. The number of carbonyl (C=O) groups is 1. The molecule has 0 bridgehead atoms. The molecule has 0 aromatic heterocycles. The Balaban J connectivity index is 1.94. The summed E-state index contributed by atoms with van der Waals surface area (Å²) in [6.45, 7) is 5.79. The molecule has 1 atom stereocenters. The van der Waals surface area contributed by atoms with E-state index in [-0.39, 0.29) is 11.7 Å². The number of anilines is 1. The molecule has 0 fully saturated rings. The molecule has 0 heterocycles. The molecule has 0 aliphatic rings. The van der Waals surface area contributed by atoms with Crippen molar-refractivity contribution in [2.75, 3.05) is 5.32 Å². The van der Waals surface area contributed by atoms with Crippen LogP contribution in [0.5, 0.6) is 5.75 Å². The number of rotatable bonds is 5. The lowest BCUT2D eigenvalue weighted by atomic mass is 10.1. The smallest absolute Gasteiger partial charge is 0.262 e. The number of carbonyl (C=O) groups excluding carboxylic acids is 1. The van der Waals surface area contributed by atoms with Crippen LogP contribution in [0.1, 0.15) is 23.6 Å². The number of para-hydroxylation sites is 1. The van der Waals surface area contributed by atoms with E-state index >= 15 is 0 Å². The molecule has 120 valence electrons. The van der Waals surface area contributed by atoms with Gasteiger partial charge in [0.05, 0.1) is 6.21 Å². The highest BCUT2D eigenvalue weighted by Crippen LogP contribution is 2.20. The van der Waals surface area contributed by atoms with Crippen molar-refractivity contribution in [1.29, 1.82) is 0 Å². The molecule has 3 N–H and O–H groups in total. The summed E-state index contributed by atoms with van der Waals surface area (Å²) in [5, 5.41) is 16.4. The number of nitrogens with one attached hydrogen (secondary N) is 2. The molecule has 2 rings (SSSR count). The molecular formula is C18H21N3O2. The lowest BCUT2D eigenvalue weighted by Gasteiger charge is -2.17. The Morgan fingerprint density at radius 2 is 1.74 bits per heavy atom. The van der Waals surface area contributed by atoms with E-state index in [0.29, 0.717) is 0 Å². The van der Waals surface area contributed by atoms with Crippen LogP contribution in [0.2, 0.25) is 0 Å². The van der Waals surface area contributed by atoms with Gasteiger partial charge in [-0.15, -0.1) is 0 Å². The monoisotopic (exact) mass is 311 g/mol. The fraction of sp³-hybridized carbons (Fsp3) is 0.222.